The van der Waals surface area contributed by atoms with Crippen LogP contribution in [-0.4, -0.2) is 28.7 Å². The molecule has 7 heavy (non-hydrogen) atoms. The van der Waals surface area contributed by atoms with Crippen LogP contribution in [-0.2, 0) is 0 Å². The van der Waals surface area contributed by atoms with Crippen molar-refractivity contribution in [2.45, 2.75) is 13.3 Å². The van der Waals surface area contributed by atoms with E-state index in [9.17, 15) is 0 Å². The fourth-order valence-corrected chi connectivity index (χ4v) is 0. The summed E-state index contributed by atoms with van der Waals surface area (Å²) in [4.78, 5) is 0. The van der Waals surface area contributed by atoms with Gasteiger partial charge in [-0.15, -0.1) is 0 Å². The Morgan fingerprint density at radius 2 is 1.29 bits per heavy atom. The van der Waals surface area contributed by atoms with Crippen molar-refractivity contribution in [2.24, 2.45) is 0 Å². The first-order valence-corrected chi connectivity index (χ1v) is 2.16. The molecule has 0 aromatic rings. The summed E-state index contributed by atoms with van der Waals surface area (Å²) >= 11 is 0. The molecular formula is C4H12O3. The molecule has 46 valence electrons. The summed E-state index contributed by atoms with van der Waals surface area (Å²) in [6, 6.07) is 0. The molecule has 0 fully saturated rings. The van der Waals surface area contributed by atoms with E-state index in [2.05, 4.69) is 0 Å². The third kappa shape index (κ3) is 114. The number of aliphatic hydroxyl groups is 3. The van der Waals surface area contributed by atoms with E-state index in [1.54, 1.807) is 0 Å². The minimum atomic E-state index is -0.750. The summed E-state index contributed by atoms with van der Waals surface area (Å²) in [5, 5.41) is 22.1. The standard InChI is InChI=1S/C3H8O.CH4O2/c1-2-3-4;2-1-3/h4H,2-3H2,1H3;2-3H,1H2. The van der Waals surface area contributed by atoms with E-state index in [1.807, 2.05) is 6.92 Å². The van der Waals surface area contributed by atoms with Gasteiger partial charge in [0.1, 0.15) is 6.79 Å². The second kappa shape index (κ2) is 16.9. The Morgan fingerprint density at radius 1 is 1.14 bits per heavy atom. The maximum atomic E-state index is 7.88. The van der Waals surface area contributed by atoms with Crippen LogP contribution in [0.4, 0.5) is 0 Å². The van der Waals surface area contributed by atoms with Crippen LogP contribution in [0.1, 0.15) is 13.3 Å². The Labute approximate surface area is 43.2 Å². The maximum absolute atomic E-state index is 7.88. The minimum absolute atomic E-state index is 0.319. The predicted molar refractivity (Wildman–Crippen MR) is 26.7 cm³/mol. The lowest BCUT2D eigenvalue weighted by Gasteiger charge is -1.69. The van der Waals surface area contributed by atoms with Gasteiger partial charge in [0, 0.05) is 6.61 Å². The van der Waals surface area contributed by atoms with Crippen LogP contribution in [0.25, 0.3) is 0 Å². The summed E-state index contributed by atoms with van der Waals surface area (Å²) in [6.45, 7) is 1.50. The van der Waals surface area contributed by atoms with E-state index in [4.69, 9.17) is 15.3 Å². The fourth-order valence-electron chi connectivity index (χ4n) is 0. The molecule has 0 aliphatic heterocycles. The van der Waals surface area contributed by atoms with Crippen LogP contribution in [0.2, 0.25) is 0 Å². The molecule has 0 saturated carbocycles. The van der Waals surface area contributed by atoms with Crippen LogP contribution >= 0.6 is 0 Å². The average Bonchev–Trinajstić information content (AvgIpc) is 1.69. The average molecular weight is 108 g/mol. The van der Waals surface area contributed by atoms with E-state index in [-0.39, 0.29) is 0 Å². The van der Waals surface area contributed by atoms with Crippen molar-refractivity contribution in [3.63, 3.8) is 0 Å². The van der Waals surface area contributed by atoms with Gasteiger partial charge in [0.25, 0.3) is 0 Å². The summed E-state index contributed by atoms with van der Waals surface area (Å²) in [7, 11) is 0. The molecule has 0 spiro atoms. The summed E-state index contributed by atoms with van der Waals surface area (Å²) in [5.74, 6) is 0. The molecule has 0 atom stereocenters. The molecule has 0 aromatic heterocycles. The molecule has 0 heterocycles. The van der Waals surface area contributed by atoms with E-state index < -0.39 is 6.79 Å². The van der Waals surface area contributed by atoms with Gasteiger partial charge in [0.05, 0.1) is 0 Å². The summed E-state index contributed by atoms with van der Waals surface area (Å²) in [5.41, 5.74) is 0. The van der Waals surface area contributed by atoms with Gasteiger partial charge in [-0.05, 0) is 6.42 Å². The highest BCUT2D eigenvalue weighted by atomic mass is 16.5. The SMILES string of the molecule is CCCO.OCO. The van der Waals surface area contributed by atoms with Crippen molar-refractivity contribution < 1.29 is 15.3 Å². The van der Waals surface area contributed by atoms with Crippen molar-refractivity contribution in [3.8, 4) is 0 Å². The lowest BCUT2D eigenvalue weighted by Crippen LogP contribution is -1.69. The van der Waals surface area contributed by atoms with Crippen LogP contribution in [0.5, 0.6) is 0 Å². The maximum Gasteiger partial charge on any atom is 0.140 e. The first kappa shape index (κ1) is 9.99. The number of aliphatic hydroxyl groups excluding tert-OH is 2. The lowest BCUT2D eigenvalue weighted by molar-refractivity contribution is 0.0773. The molecule has 0 radical (unpaired) electrons. The normalized spacial score (nSPS) is 6.86. The first-order valence-electron chi connectivity index (χ1n) is 2.16. The molecule has 0 amide bonds. The Bertz CT molecular complexity index is 14.4. The highest BCUT2D eigenvalue weighted by Crippen LogP contribution is 1.61. The summed E-state index contributed by atoms with van der Waals surface area (Å²) in [6.07, 6.45) is 0.875. The van der Waals surface area contributed by atoms with Gasteiger partial charge in [0.15, 0.2) is 0 Å². The second-order valence-electron chi connectivity index (χ2n) is 0.865. The number of rotatable bonds is 1. The van der Waals surface area contributed by atoms with Gasteiger partial charge < -0.3 is 15.3 Å². The molecule has 3 nitrogen and oxygen atoms in total. The van der Waals surface area contributed by atoms with Crippen molar-refractivity contribution in [2.75, 3.05) is 13.4 Å². The highest BCUT2D eigenvalue weighted by Gasteiger charge is 1.57. The van der Waals surface area contributed by atoms with Crippen LogP contribution in [0.3, 0.4) is 0 Å². The number of hydrogen-bond acceptors (Lipinski definition) is 3. The van der Waals surface area contributed by atoms with E-state index in [0.717, 1.165) is 6.42 Å². The van der Waals surface area contributed by atoms with Crippen LogP contribution in [0.15, 0.2) is 0 Å². The van der Waals surface area contributed by atoms with Crippen molar-refractivity contribution in [1.82, 2.24) is 0 Å². The topological polar surface area (TPSA) is 60.7 Å². The summed E-state index contributed by atoms with van der Waals surface area (Å²) < 4.78 is 0. The monoisotopic (exact) mass is 108 g/mol. The third-order valence-electron chi connectivity index (χ3n) is 0.224. The largest absolute Gasteiger partial charge is 0.396 e. The van der Waals surface area contributed by atoms with Crippen molar-refractivity contribution in [3.05, 3.63) is 0 Å². The molecule has 0 saturated heterocycles. The molecule has 0 aromatic carbocycles. The minimum Gasteiger partial charge on any atom is -0.396 e. The zero-order valence-electron chi connectivity index (χ0n) is 4.46. The zero-order valence-corrected chi connectivity index (χ0v) is 4.46. The van der Waals surface area contributed by atoms with Gasteiger partial charge >= 0.3 is 0 Å². The quantitative estimate of drug-likeness (QED) is 0.390. The molecular weight excluding hydrogens is 96.0 g/mol. The zero-order chi connectivity index (χ0) is 6.12. The van der Waals surface area contributed by atoms with Crippen molar-refractivity contribution in [1.29, 1.82) is 0 Å². The van der Waals surface area contributed by atoms with E-state index in [0.29, 0.717) is 6.61 Å². The van der Waals surface area contributed by atoms with E-state index in [1.165, 1.54) is 0 Å². The Balaban J connectivity index is 0. The second-order valence-corrected chi connectivity index (χ2v) is 0.865. The Morgan fingerprint density at radius 3 is 1.29 bits per heavy atom. The molecule has 0 unspecified atom stereocenters. The molecule has 0 aliphatic rings. The van der Waals surface area contributed by atoms with Gasteiger partial charge in [-0.2, -0.15) is 0 Å². The molecule has 3 heteroatoms. The molecule has 0 aliphatic carbocycles. The molecule has 0 rings (SSSR count). The smallest absolute Gasteiger partial charge is 0.140 e. The van der Waals surface area contributed by atoms with E-state index >= 15 is 0 Å². The van der Waals surface area contributed by atoms with Crippen LogP contribution in [0, 0.1) is 0 Å². The Hall–Kier alpha value is -0.120. The van der Waals surface area contributed by atoms with Crippen LogP contribution < -0.4 is 0 Å². The molecule has 0 bridgehead atoms. The highest BCUT2D eigenvalue weighted by molar-refractivity contribution is 4.10. The first-order chi connectivity index (χ1) is 3.33. The molecule has 3 N–H and O–H groups in total. The van der Waals surface area contributed by atoms with Gasteiger partial charge in [0.2, 0.25) is 0 Å². The Kier molecular flexibility index (Phi) is 24.1. The lowest BCUT2D eigenvalue weighted by atomic mass is 10.5. The van der Waals surface area contributed by atoms with Gasteiger partial charge in [-0.3, -0.25) is 0 Å². The van der Waals surface area contributed by atoms with Gasteiger partial charge in [-0.1, -0.05) is 6.92 Å². The van der Waals surface area contributed by atoms with Gasteiger partial charge in [-0.25, -0.2) is 0 Å². The third-order valence-corrected chi connectivity index (χ3v) is 0.224. The predicted octanol–water partition coefficient (Wildman–Crippen LogP) is -0.683. The number of hydrogen-bond donors (Lipinski definition) is 3. The fraction of sp³-hybridized carbons (Fsp3) is 1.00. The van der Waals surface area contributed by atoms with Crippen molar-refractivity contribution >= 4 is 0 Å².